The lowest BCUT2D eigenvalue weighted by Gasteiger charge is -2.14. The average Bonchev–Trinajstić information content (AvgIpc) is 3.19. The van der Waals surface area contributed by atoms with Crippen LogP contribution >= 0.6 is 47.2 Å². The van der Waals surface area contributed by atoms with Gasteiger partial charge < -0.3 is 15.2 Å². The Morgan fingerprint density at radius 1 is 1.10 bits per heavy atom. The minimum absolute atomic E-state index is 0. The van der Waals surface area contributed by atoms with Gasteiger partial charge in [-0.2, -0.15) is 0 Å². The first-order valence-electron chi connectivity index (χ1n) is 9.52. The highest BCUT2D eigenvalue weighted by atomic mass is 127. The molecule has 30 heavy (non-hydrogen) atoms. The number of halogens is 3. The number of rotatable bonds is 8. The molecule has 2 N–H and O–H groups in total. The van der Waals surface area contributed by atoms with E-state index >= 15 is 0 Å². The quantitative estimate of drug-likeness (QED) is 0.239. The standard InChI is InChI=1S/C21H24Cl2N6.HI/c1-2-20-28-27-15-29(20)11-10-24-21(25-13-16-6-4-3-5-7-16)26-14-17-8-9-18(22)12-19(17)23;/h3-9,12,15H,2,10-11,13-14H2,1H3,(H2,24,25,26);1H. The van der Waals surface area contributed by atoms with Crippen LogP contribution in [0.2, 0.25) is 10.0 Å². The van der Waals surface area contributed by atoms with Crippen molar-refractivity contribution in [1.82, 2.24) is 25.4 Å². The van der Waals surface area contributed by atoms with Crippen LogP contribution in [-0.4, -0.2) is 27.3 Å². The fourth-order valence-electron chi connectivity index (χ4n) is 2.81. The van der Waals surface area contributed by atoms with Gasteiger partial charge >= 0.3 is 0 Å². The van der Waals surface area contributed by atoms with E-state index in [0.29, 0.717) is 35.6 Å². The summed E-state index contributed by atoms with van der Waals surface area (Å²) in [5.41, 5.74) is 2.10. The van der Waals surface area contributed by atoms with Crippen molar-refractivity contribution in [3.05, 3.63) is 81.9 Å². The van der Waals surface area contributed by atoms with Crippen molar-refractivity contribution >= 4 is 53.1 Å². The first-order valence-corrected chi connectivity index (χ1v) is 10.3. The molecule has 0 saturated carbocycles. The van der Waals surface area contributed by atoms with Gasteiger partial charge in [0, 0.05) is 36.1 Å². The van der Waals surface area contributed by atoms with Crippen LogP contribution < -0.4 is 10.6 Å². The molecule has 3 aromatic rings. The minimum Gasteiger partial charge on any atom is -0.355 e. The summed E-state index contributed by atoms with van der Waals surface area (Å²) in [4.78, 5) is 4.70. The van der Waals surface area contributed by atoms with Gasteiger partial charge in [0.15, 0.2) is 5.96 Å². The molecule has 0 amide bonds. The summed E-state index contributed by atoms with van der Waals surface area (Å²) >= 11 is 12.3. The zero-order valence-electron chi connectivity index (χ0n) is 16.7. The molecular weight excluding hydrogens is 534 g/mol. The lowest BCUT2D eigenvalue weighted by molar-refractivity contribution is 0.631. The predicted molar refractivity (Wildman–Crippen MR) is 134 cm³/mol. The van der Waals surface area contributed by atoms with E-state index in [9.17, 15) is 0 Å². The summed E-state index contributed by atoms with van der Waals surface area (Å²) in [7, 11) is 0. The normalized spacial score (nSPS) is 11.1. The van der Waals surface area contributed by atoms with Gasteiger partial charge in [0.25, 0.3) is 0 Å². The van der Waals surface area contributed by atoms with Gasteiger partial charge in [0.2, 0.25) is 0 Å². The number of nitrogens with zero attached hydrogens (tertiary/aromatic N) is 4. The number of guanidine groups is 1. The molecule has 0 radical (unpaired) electrons. The van der Waals surface area contributed by atoms with Crippen LogP contribution in [0, 0.1) is 0 Å². The van der Waals surface area contributed by atoms with Crippen LogP contribution in [0.15, 0.2) is 59.9 Å². The summed E-state index contributed by atoms with van der Waals surface area (Å²) < 4.78 is 2.04. The molecule has 0 unspecified atom stereocenters. The molecule has 9 heteroatoms. The Balaban J connectivity index is 0.00000320. The number of aliphatic imine (C=N–C) groups is 1. The number of hydrogen-bond acceptors (Lipinski definition) is 3. The molecule has 0 atom stereocenters. The highest BCUT2D eigenvalue weighted by Crippen LogP contribution is 2.20. The molecule has 6 nitrogen and oxygen atoms in total. The topological polar surface area (TPSA) is 67.1 Å². The van der Waals surface area contributed by atoms with E-state index in [-0.39, 0.29) is 24.0 Å². The molecule has 1 aromatic heterocycles. The lowest BCUT2D eigenvalue weighted by Crippen LogP contribution is -2.38. The van der Waals surface area contributed by atoms with Crippen molar-refractivity contribution in [1.29, 1.82) is 0 Å². The molecule has 0 aliphatic heterocycles. The van der Waals surface area contributed by atoms with Gasteiger partial charge in [-0.3, -0.25) is 0 Å². The number of hydrogen-bond donors (Lipinski definition) is 2. The lowest BCUT2D eigenvalue weighted by atomic mass is 10.2. The molecule has 0 bridgehead atoms. The van der Waals surface area contributed by atoms with E-state index in [0.717, 1.165) is 29.9 Å². The third kappa shape index (κ3) is 7.45. The predicted octanol–water partition coefficient (Wildman–Crippen LogP) is 4.70. The van der Waals surface area contributed by atoms with Crippen molar-refractivity contribution in [3.63, 3.8) is 0 Å². The Bertz CT molecular complexity index is 946. The van der Waals surface area contributed by atoms with E-state index in [2.05, 4.69) is 39.9 Å². The van der Waals surface area contributed by atoms with Gasteiger partial charge in [0.05, 0.1) is 6.54 Å². The second-order valence-corrected chi connectivity index (χ2v) is 7.30. The maximum absolute atomic E-state index is 6.29. The maximum atomic E-state index is 6.29. The Kier molecular flexibility index (Phi) is 10.4. The molecule has 0 spiro atoms. The van der Waals surface area contributed by atoms with Crippen molar-refractivity contribution in [2.75, 3.05) is 6.54 Å². The molecule has 160 valence electrons. The van der Waals surface area contributed by atoms with E-state index < -0.39 is 0 Å². The summed E-state index contributed by atoms with van der Waals surface area (Å²) in [6.45, 7) is 4.64. The van der Waals surface area contributed by atoms with Crippen LogP contribution in [0.1, 0.15) is 23.9 Å². The molecule has 0 aliphatic rings. The summed E-state index contributed by atoms with van der Waals surface area (Å²) in [6.07, 6.45) is 2.60. The highest BCUT2D eigenvalue weighted by molar-refractivity contribution is 14.0. The van der Waals surface area contributed by atoms with Crippen molar-refractivity contribution in [3.8, 4) is 0 Å². The second-order valence-electron chi connectivity index (χ2n) is 6.46. The van der Waals surface area contributed by atoms with Crippen LogP contribution in [-0.2, 0) is 26.1 Å². The summed E-state index contributed by atoms with van der Waals surface area (Å²) in [6, 6.07) is 15.6. The SMILES string of the molecule is CCc1nncn1CCNC(=NCc1ccccc1)NCc1ccc(Cl)cc1Cl.I. The van der Waals surface area contributed by atoms with Gasteiger partial charge in [0.1, 0.15) is 12.2 Å². The summed E-state index contributed by atoms with van der Waals surface area (Å²) in [5.74, 6) is 1.68. The van der Waals surface area contributed by atoms with Crippen LogP contribution in [0.3, 0.4) is 0 Å². The highest BCUT2D eigenvalue weighted by Gasteiger charge is 2.05. The average molecular weight is 559 g/mol. The van der Waals surface area contributed by atoms with E-state index in [1.807, 2.05) is 34.9 Å². The van der Waals surface area contributed by atoms with Gasteiger partial charge in [-0.15, -0.1) is 34.2 Å². The van der Waals surface area contributed by atoms with Crippen LogP contribution in [0.5, 0.6) is 0 Å². The Morgan fingerprint density at radius 3 is 2.63 bits per heavy atom. The zero-order chi connectivity index (χ0) is 20.5. The number of aromatic nitrogens is 3. The van der Waals surface area contributed by atoms with Gasteiger partial charge in [-0.25, -0.2) is 4.99 Å². The van der Waals surface area contributed by atoms with E-state index in [1.165, 1.54) is 0 Å². The van der Waals surface area contributed by atoms with Gasteiger partial charge in [-0.1, -0.05) is 66.5 Å². The molecule has 1 heterocycles. The van der Waals surface area contributed by atoms with Crippen molar-refractivity contribution in [2.45, 2.75) is 33.0 Å². The third-order valence-electron chi connectivity index (χ3n) is 4.38. The fraction of sp³-hybridized carbons (Fsp3) is 0.286. The monoisotopic (exact) mass is 558 g/mol. The van der Waals surface area contributed by atoms with Crippen molar-refractivity contribution < 1.29 is 0 Å². The zero-order valence-corrected chi connectivity index (χ0v) is 20.5. The number of aryl methyl sites for hydroxylation is 1. The van der Waals surface area contributed by atoms with Crippen LogP contribution in [0.4, 0.5) is 0 Å². The maximum Gasteiger partial charge on any atom is 0.191 e. The molecule has 0 aliphatic carbocycles. The molecule has 3 rings (SSSR count). The smallest absolute Gasteiger partial charge is 0.191 e. The molecular formula is C21H25Cl2IN6. The van der Waals surface area contributed by atoms with Crippen LogP contribution in [0.25, 0.3) is 0 Å². The van der Waals surface area contributed by atoms with E-state index in [1.54, 1.807) is 12.4 Å². The fourth-order valence-corrected chi connectivity index (χ4v) is 3.28. The molecule has 0 fully saturated rings. The third-order valence-corrected chi connectivity index (χ3v) is 4.97. The largest absolute Gasteiger partial charge is 0.355 e. The van der Waals surface area contributed by atoms with E-state index in [4.69, 9.17) is 28.2 Å². The number of benzene rings is 2. The summed E-state index contributed by atoms with van der Waals surface area (Å²) in [5, 5.41) is 16.1. The molecule has 2 aromatic carbocycles. The first kappa shape index (κ1) is 24.4. The van der Waals surface area contributed by atoms with Crippen molar-refractivity contribution in [2.24, 2.45) is 4.99 Å². The Morgan fingerprint density at radius 2 is 1.90 bits per heavy atom. The Labute approximate surface area is 204 Å². The number of nitrogens with one attached hydrogen (secondary N) is 2. The molecule has 0 saturated heterocycles. The Hall–Kier alpha value is -1.84. The second kappa shape index (κ2) is 12.8. The van der Waals surface area contributed by atoms with Gasteiger partial charge in [-0.05, 0) is 23.3 Å². The minimum atomic E-state index is 0. The first-order chi connectivity index (χ1) is 14.2.